The number of aromatic nitrogens is 2. The zero-order valence-corrected chi connectivity index (χ0v) is 16.2. The average Bonchev–Trinajstić information content (AvgIpc) is 3.10. The monoisotopic (exact) mass is 390 g/mol. The molecule has 1 aromatic rings. The maximum absolute atomic E-state index is 11.7. The maximum Gasteiger partial charge on any atom is 0.319 e. The van der Waals surface area contributed by atoms with Crippen LogP contribution in [-0.2, 0) is 4.79 Å². The van der Waals surface area contributed by atoms with Crippen LogP contribution in [-0.4, -0.2) is 78.1 Å². The SMILES string of the molecule is C=CC(=O)N1CCN(c2nc(OC[C@H]3CCCN3C)nc(Cl)c2C#N)CC1. The van der Waals surface area contributed by atoms with Gasteiger partial charge >= 0.3 is 6.01 Å². The summed E-state index contributed by atoms with van der Waals surface area (Å²) < 4.78 is 5.79. The fourth-order valence-electron chi connectivity index (χ4n) is 3.42. The van der Waals surface area contributed by atoms with Crippen LogP contribution >= 0.6 is 11.6 Å². The number of carbonyl (C=O) groups excluding carboxylic acids is 1. The predicted octanol–water partition coefficient (Wildman–Crippen LogP) is 1.31. The second-order valence-electron chi connectivity index (χ2n) is 6.71. The van der Waals surface area contributed by atoms with E-state index in [0.29, 0.717) is 44.6 Å². The third-order valence-corrected chi connectivity index (χ3v) is 5.35. The first kappa shape index (κ1) is 19.4. The molecule has 2 fully saturated rings. The first-order valence-electron chi connectivity index (χ1n) is 9.00. The Morgan fingerprint density at radius 2 is 2.11 bits per heavy atom. The van der Waals surface area contributed by atoms with Gasteiger partial charge in [0.05, 0.1) is 0 Å². The van der Waals surface area contributed by atoms with Gasteiger partial charge in [-0.25, -0.2) is 0 Å². The summed E-state index contributed by atoms with van der Waals surface area (Å²) in [5, 5.41) is 9.55. The molecule has 2 aliphatic heterocycles. The van der Waals surface area contributed by atoms with Crippen LogP contribution < -0.4 is 9.64 Å². The molecule has 2 aliphatic rings. The molecule has 0 spiro atoms. The molecule has 1 aromatic heterocycles. The highest BCUT2D eigenvalue weighted by Crippen LogP contribution is 2.27. The van der Waals surface area contributed by atoms with Gasteiger partial charge in [-0.3, -0.25) is 4.79 Å². The summed E-state index contributed by atoms with van der Waals surface area (Å²) in [4.78, 5) is 26.2. The number of anilines is 1. The number of nitriles is 1. The first-order valence-corrected chi connectivity index (χ1v) is 9.38. The summed E-state index contributed by atoms with van der Waals surface area (Å²) in [6.07, 6.45) is 3.54. The predicted molar refractivity (Wildman–Crippen MR) is 102 cm³/mol. The van der Waals surface area contributed by atoms with Gasteiger partial charge in [-0.2, -0.15) is 15.2 Å². The van der Waals surface area contributed by atoms with Crippen molar-refractivity contribution in [3.8, 4) is 12.1 Å². The van der Waals surface area contributed by atoms with Gasteiger partial charge in [-0.1, -0.05) is 18.2 Å². The van der Waals surface area contributed by atoms with Gasteiger partial charge < -0.3 is 19.4 Å². The molecule has 3 heterocycles. The van der Waals surface area contributed by atoms with E-state index in [1.807, 2.05) is 4.90 Å². The van der Waals surface area contributed by atoms with E-state index in [1.54, 1.807) is 4.90 Å². The maximum atomic E-state index is 11.7. The average molecular weight is 391 g/mol. The van der Waals surface area contributed by atoms with Gasteiger partial charge in [-0.15, -0.1) is 0 Å². The van der Waals surface area contributed by atoms with Gasteiger partial charge in [0.15, 0.2) is 11.0 Å². The minimum atomic E-state index is -0.0967. The van der Waals surface area contributed by atoms with Crippen molar-refractivity contribution >= 4 is 23.3 Å². The van der Waals surface area contributed by atoms with E-state index in [4.69, 9.17) is 16.3 Å². The normalized spacial score (nSPS) is 20.4. The molecule has 144 valence electrons. The van der Waals surface area contributed by atoms with Crippen LogP contribution in [0.4, 0.5) is 5.82 Å². The number of likely N-dealkylation sites (tertiary alicyclic amines) is 1. The summed E-state index contributed by atoms with van der Waals surface area (Å²) in [7, 11) is 2.07. The molecule has 0 N–H and O–H groups in total. The van der Waals surface area contributed by atoms with Crippen LogP contribution in [0.2, 0.25) is 5.15 Å². The van der Waals surface area contributed by atoms with Gasteiger partial charge in [0.1, 0.15) is 18.2 Å². The Morgan fingerprint density at radius 1 is 1.37 bits per heavy atom. The van der Waals surface area contributed by atoms with Crippen LogP contribution in [0.1, 0.15) is 18.4 Å². The van der Waals surface area contributed by atoms with Crippen molar-refractivity contribution in [1.82, 2.24) is 19.8 Å². The first-order chi connectivity index (χ1) is 13.0. The Bertz CT molecular complexity index is 757. The Balaban J connectivity index is 1.74. The third kappa shape index (κ3) is 4.31. The van der Waals surface area contributed by atoms with Crippen LogP contribution in [0.3, 0.4) is 0 Å². The summed E-state index contributed by atoms with van der Waals surface area (Å²) in [6, 6.07) is 2.59. The standard InChI is InChI=1S/C18H23ClN6O2/c1-3-15(26)24-7-9-25(10-8-24)17-14(11-20)16(19)21-18(22-17)27-12-13-5-4-6-23(13)2/h3,13H,1,4-10,12H2,2H3/t13-/m1/s1. The number of carbonyl (C=O) groups is 1. The van der Waals surface area contributed by atoms with Crippen molar-refractivity contribution in [3.63, 3.8) is 0 Å². The fourth-order valence-corrected chi connectivity index (χ4v) is 3.62. The topological polar surface area (TPSA) is 85.6 Å². The highest BCUT2D eigenvalue weighted by Gasteiger charge is 2.26. The molecule has 1 atom stereocenters. The highest BCUT2D eigenvalue weighted by molar-refractivity contribution is 6.30. The largest absolute Gasteiger partial charge is 0.462 e. The van der Waals surface area contributed by atoms with Crippen LogP contribution in [0, 0.1) is 11.3 Å². The molecule has 2 saturated heterocycles. The van der Waals surface area contributed by atoms with Crippen molar-refractivity contribution in [2.75, 3.05) is 51.3 Å². The van der Waals surface area contributed by atoms with Crippen molar-refractivity contribution in [1.29, 1.82) is 5.26 Å². The summed E-state index contributed by atoms with van der Waals surface area (Å²) in [5.74, 6) is 0.360. The quantitative estimate of drug-likeness (QED) is 0.553. The smallest absolute Gasteiger partial charge is 0.319 e. The molecular formula is C18H23ClN6O2. The zero-order valence-electron chi connectivity index (χ0n) is 15.4. The van der Waals surface area contributed by atoms with Crippen LogP contribution in [0.5, 0.6) is 6.01 Å². The van der Waals surface area contributed by atoms with Gasteiger partial charge in [0.2, 0.25) is 5.91 Å². The fraction of sp³-hybridized carbons (Fsp3) is 0.556. The number of ether oxygens (including phenoxy) is 1. The molecule has 0 saturated carbocycles. The van der Waals surface area contributed by atoms with E-state index in [1.165, 1.54) is 6.08 Å². The number of piperazine rings is 1. The van der Waals surface area contributed by atoms with E-state index in [9.17, 15) is 10.1 Å². The number of hydrogen-bond acceptors (Lipinski definition) is 7. The second kappa shape index (κ2) is 8.55. The van der Waals surface area contributed by atoms with Gasteiger partial charge in [-0.05, 0) is 32.5 Å². The Hall–Kier alpha value is -2.37. The molecule has 9 heteroatoms. The van der Waals surface area contributed by atoms with Crippen molar-refractivity contribution in [2.45, 2.75) is 18.9 Å². The highest BCUT2D eigenvalue weighted by atomic mass is 35.5. The molecule has 0 radical (unpaired) electrons. The van der Waals surface area contributed by atoms with Crippen molar-refractivity contribution in [3.05, 3.63) is 23.4 Å². The lowest BCUT2D eigenvalue weighted by atomic mass is 10.2. The lowest BCUT2D eigenvalue weighted by Crippen LogP contribution is -2.48. The number of amides is 1. The molecule has 8 nitrogen and oxygen atoms in total. The molecule has 0 unspecified atom stereocenters. The number of likely N-dealkylation sites (N-methyl/N-ethyl adjacent to an activating group) is 1. The van der Waals surface area contributed by atoms with E-state index in [2.05, 4.69) is 34.6 Å². The minimum Gasteiger partial charge on any atom is -0.462 e. The Morgan fingerprint density at radius 3 is 2.70 bits per heavy atom. The zero-order chi connectivity index (χ0) is 19.4. The number of rotatable bonds is 5. The molecule has 0 aliphatic carbocycles. The molecular weight excluding hydrogens is 368 g/mol. The second-order valence-corrected chi connectivity index (χ2v) is 7.07. The Kier molecular flexibility index (Phi) is 6.14. The third-order valence-electron chi connectivity index (χ3n) is 5.08. The molecule has 0 aromatic carbocycles. The van der Waals surface area contributed by atoms with Gasteiger partial charge in [0, 0.05) is 32.2 Å². The lowest BCUT2D eigenvalue weighted by molar-refractivity contribution is -0.126. The summed E-state index contributed by atoms with van der Waals surface area (Å²) in [6.45, 7) is 7.21. The lowest BCUT2D eigenvalue weighted by Gasteiger charge is -2.35. The van der Waals surface area contributed by atoms with E-state index in [0.717, 1.165) is 19.4 Å². The summed E-state index contributed by atoms with van der Waals surface area (Å²) in [5.41, 5.74) is 0.227. The molecule has 27 heavy (non-hydrogen) atoms. The number of hydrogen-bond donors (Lipinski definition) is 0. The van der Waals surface area contributed by atoms with Gasteiger partial charge in [0.25, 0.3) is 0 Å². The number of halogens is 1. The summed E-state index contributed by atoms with van der Waals surface area (Å²) >= 11 is 6.21. The van der Waals surface area contributed by atoms with Crippen molar-refractivity contribution in [2.24, 2.45) is 0 Å². The molecule has 0 bridgehead atoms. The molecule has 3 rings (SSSR count). The van der Waals surface area contributed by atoms with E-state index >= 15 is 0 Å². The van der Waals surface area contributed by atoms with E-state index in [-0.39, 0.29) is 22.6 Å². The Labute approximate surface area is 164 Å². The number of nitrogens with zero attached hydrogens (tertiary/aromatic N) is 6. The van der Waals surface area contributed by atoms with Crippen LogP contribution in [0.25, 0.3) is 0 Å². The minimum absolute atomic E-state index is 0.0851. The van der Waals surface area contributed by atoms with Crippen molar-refractivity contribution < 1.29 is 9.53 Å². The van der Waals surface area contributed by atoms with E-state index < -0.39 is 0 Å². The van der Waals surface area contributed by atoms with Crippen LogP contribution in [0.15, 0.2) is 12.7 Å². The molecule has 1 amide bonds.